The lowest BCUT2D eigenvalue weighted by atomic mass is 10.0. The maximum Gasteiger partial charge on any atom is 0.291 e. The van der Waals surface area contributed by atoms with E-state index in [1.807, 2.05) is 18.2 Å². The van der Waals surface area contributed by atoms with Gasteiger partial charge < -0.3 is 19.5 Å². The van der Waals surface area contributed by atoms with Crippen LogP contribution in [0.2, 0.25) is 5.02 Å². The number of rotatable bonds is 4. The number of likely N-dealkylation sites (tertiary alicyclic amines) is 1. The van der Waals surface area contributed by atoms with Gasteiger partial charge in [0.25, 0.3) is 5.91 Å². The summed E-state index contributed by atoms with van der Waals surface area (Å²) in [6.07, 6.45) is 4.90. The molecule has 0 saturated carbocycles. The first-order valence-corrected chi connectivity index (χ1v) is 10.6. The SMILES string of the molecule is O=C(Nc1cccc(Cl)c1N1CCC(N2CCCC2)CC1)c1ccc(Br)o1. The number of hydrogen-bond donors (Lipinski definition) is 1. The first kappa shape index (κ1) is 18.8. The molecule has 0 bridgehead atoms. The van der Waals surface area contributed by atoms with Crippen LogP contribution in [0.3, 0.4) is 0 Å². The number of piperidine rings is 1. The zero-order chi connectivity index (χ0) is 18.8. The van der Waals surface area contributed by atoms with Gasteiger partial charge in [0.05, 0.1) is 16.4 Å². The number of amides is 1. The number of anilines is 2. The van der Waals surface area contributed by atoms with Crippen LogP contribution in [0, 0.1) is 0 Å². The molecule has 2 aliphatic rings. The van der Waals surface area contributed by atoms with E-state index in [2.05, 4.69) is 31.0 Å². The van der Waals surface area contributed by atoms with Crippen molar-refractivity contribution in [3.8, 4) is 0 Å². The van der Waals surface area contributed by atoms with Crippen LogP contribution in [-0.4, -0.2) is 43.0 Å². The van der Waals surface area contributed by atoms with E-state index in [0.29, 0.717) is 15.7 Å². The van der Waals surface area contributed by atoms with Gasteiger partial charge in [-0.1, -0.05) is 17.7 Å². The maximum absolute atomic E-state index is 12.5. The van der Waals surface area contributed by atoms with Gasteiger partial charge in [-0.15, -0.1) is 0 Å². The molecule has 2 saturated heterocycles. The summed E-state index contributed by atoms with van der Waals surface area (Å²) in [6, 6.07) is 9.65. The Morgan fingerprint density at radius 3 is 2.52 bits per heavy atom. The molecule has 0 spiro atoms. The second-order valence-corrected chi connectivity index (χ2v) is 8.34. The molecule has 1 amide bonds. The molecule has 0 aliphatic carbocycles. The minimum atomic E-state index is -0.281. The molecule has 0 atom stereocenters. The highest BCUT2D eigenvalue weighted by molar-refractivity contribution is 9.10. The van der Waals surface area contributed by atoms with Crippen molar-refractivity contribution in [1.82, 2.24) is 4.90 Å². The minimum Gasteiger partial charge on any atom is -0.444 e. The van der Waals surface area contributed by atoms with Gasteiger partial charge in [0.2, 0.25) is 0 Å². The van der Waals surface area contributed by atoms with E-state index in [1.54, 1.807) is 12.1 Å². The molecule has 1 N–H and O–H groups in total. The minimum absolute atomic E-state index is 0.264. The third-order valence-corrected chi connectivity index (χ3v) is 6.20. The summed E-state index contributed by atoms with van der Waals surface area (Å²) >= 11 is 9.75. The number of para-hydroxylation sites is 1. The zero-order valence-corrected chi connectivity index (χ0v) is 17.4. The van der Waals surface area contributed by atoms with Crippen molar-refractivity contribution < 1.29 is 9.21 Å². The fraction of sp³-hybridized carbons (Fsp3) is 0.450. The average Bonchev–Trinajstić information content (AvgIpc) is 3.34. The Morgan fingerprint density at radius 1 is 1.11 bits per heavy atom. The Balaban J connectivity index is 1.48. The smallest absolute Gasteiger partial charge is 0.291 e. The molecule has 1 aromatic carbocycles. The lowest BCUT2D eigenvalue weighted by molar-refractivity contribution is 0.0995. The van der Waals surface area contributed by atoms with Crippen LogP contribution < -0.4 is 10.2 Å². The molecular formula is C20H23BrClN3O2. The van der Waals surface area contributed by atoms with E-state index in [1.165, 1.54) is 25.9 Å². The summed E-state index contributed by atoms with van der Waals surface area (Å²) in [5.74, 6) is -0.0169. The van der Waals surface area contributed by atoms with Crippen LogP contribution >= 0.6 is 27.5 Å². The Hall–Kier alpha value is -1.50. The topological polar surface area (TPSA) is 48.7 Å². The van der Waals surface area contributed by atoms with E-state index >= 15 is 0 Å². The van der Waals surface area contributed by atoms with Crippen LogP contribution in [0.4, 0.5) is 11.4 Å². The highest BCUT2D eigenvalue weighted by Crippen LogP contribution is 2.36. The summed E-state index contributed by atoms with van der Waals surface area (Å²) in [5.41, 5.74) is 1.62. The highest BCUT2D eigenvalue weighted by atomic mass is 79.9. The zero-order valence-electron chi connectivity index (χ0n) is 15.1. The molecular weight excluding hydrogens is 430 g/mol. The van der Waals surface area contributed by atoms with E-state index in [9.17, 15) is 4.79 Å². The van der Waals surface area contributed by atoms with Crippen molar-refractivity contribution in [3.05, 3.63) is 45.8 Å². The van der Waals surface area contributed by atoms with Crippen LogP contribution in [0.1, 0.15) is 36.2 Å². The first-order valence-electron chi connectivity index (χ1n) is 9.46. The number of halogens is 2. The number of benzene rings is 1. The van der Waals surface area contributed by atoms with E-state index in [0.717, 1.165) is 37.3 Å². The molecule has 5 nitrogen and oxygen atoms in total. The molecule has 1 aromatic heterocycles. The van der Waals surface area contributed by atoms with Gasteiger partial charge in [-0.05, 0) is 79.0 Å². The Morgan fingerprint density at radius 2 is 1.85 bits per heavy atom. The van der Waals surface area contributed by atoms with Gasteiger partial charge in [0, 0.05) is 19.1 Å². The summed E-state index contributed by atoms with van der Waals surface area (Å²) in [4.78, 5) is 17.4. The molecule has 144 valence electrons. The molecule has 3 heterocycles. The Bertz CT molecular complexity index is 811. The highest BCUT2D eigenvalue weighted by Gasteiger charge is 2.28. The summed E-state index contributed by atoms with van der Waals surface area (Å²) in [7, 11) is 0. The average molecular weight is 453 g/mol. The van der Waals surface area contributed by atoms with E-state index in [-0.39, 0.29) is 11.7 Å². The van der Waals surface area contributed by atoms with Gasteiger partial charge in [-0.3, -0.25) is 4.79 Å². The first-order chi connectivity index (χ1) is 13.1. The van der Waals surface area contributed by atoms with E-state index in [4.69, 9.17) is 16.0 Å². The quantitative estimate of drug-likeness (QED) is 0.708. The number of nitrogens with zero attached hydrogens (tertiary/aromatic N) is 2. The number of furan rings is 1. The second kappa shape index (κ2) is 8.25. The standard InChI is InChI=1S/C20H23BrClN3O2/c21-18-7-6-17(27-18)20(26)23-16-5-3-4-15(22)19(16)25-12-8-14(9-13-25)24-10-1-2-11-24/h3-7,14H,1-2,8-13H2,(H,23,26). The summed E-state index contributed by atoms with van der Waals surface area (Å²) in [5, 5.41) is 3.61. The van der Waals surface area contributed by atoms with Crippen molar-refractivity contribution in [1.29, 1.82) is 0 Å². The molecule has 2 aliphatic heterocycles. The second-order valence-electron chi connectivity index (χ2n) is 7.16. The van der Waals surface area contributed by atoms with E-state index < -0.39 is 0 Å². The Kier molecular flexibility index (Phi) is 5.76. The van der Waals surface area contributed by atoms with Crippen molar-refractivity contribution in [2.75, 3.05) is 36.4 Å². The molecule has 0 radical (unpaired) electrons. The Labute approximate surface area is 172 Å². The lowest BCUT2D eigenvalue weighted by Crippen LogP contribution is -2.44. The van der Waals surface area contributed by atoms with Gasteiger partial charge in [-0.2, -0.15) is 0 Å². The summed E-state index contributed by atoms with van der Waals surface area (Å²) < 4.78 is 5.89. The van der Waals surface area contributed by atoms with Crippen LogP contribution in [0.25, 0.3) is 0 Å². The van der Waals surface area contributed by atoms with Gasteiger partial charge in [0.1, 0.15) is 0 Å². The molecule has 27 heavy (non-hydrogen) atoms. The van der Waals surface area contributed by atoms with Gasteiger partial charge in [0.15, 0.2) is 10.4 Å². The molecule has 2 aromatic rings. The fourth-order valence-corrected chi connectivity index (χ4v) is 4.72. The molecule has 2 fully saturated rings. The van der Waals surface area contributed by atoms with Crippen molar-refractivity contribution in [2.24, 2.45) is 0 Å². The fourth-order valence-electron chi connectivity index (χ4n) is 4.12. The third kappa shape index (κ3) is 4.18. The predicted molar refractivity (Wildman–Crippen MR) is 112 cm³/mol. The van der Waals surface area contributed by atoms with Crippen molar-refractivity contribution in [2.45, 2.75) is 31.7 Å². The normalized spacial score (nSPS) is 18.8. The number of carbonyl (C=O) groups is 1. The summed E-state index contributed by atoms with van der Waals surface area (Å²) in [6.45, 7) is 4.35. The van der Waals surface area contributed by atoms with Crippen LogP contribution in [0.5, 0.6) is 0 Å². The molecule has 0 unspecified atom stereocenters. The molecule has 7 heteroatoms. The monoisotopic (exact) mass is 451 g/mol. The van der Waals surface area contributed by atoms with Gasteiger partial charge >= 0.3 is 0 Å². The van der Waals surface area contributed by atoms with Crippen molar-refractivity contribution >= 4 is 44.8 Å². The number of hydrogen-bond acceptors (Lipinski definition) is 4. The number of carbonyl (C=O) groups excluding carboxylic acids is 1. The van der Waals surface area contributed by atoms with Crippen LogP contribution in [-0.2, 0) is 0 Å². The van der Waals surface area contributed by atoms with Crippen LogP contribution in [0.15, 0.2) is 39.4 Å². The number of nitrogens with one attached hydrogen (secondary N) is 1. The molecule has 4 rings (SSSR count). The van der Waals surface area contributed by atoms with Crippen molar-refractivity contribution in [3.63, 3.8) is 0 Å². The maximum atomic E-state index is 12.5. The van der Waals surface area contributed by atoms with Gasteiger partial charge in [-0.25, -0.2) is 0 Å². The lowest BCUT2D eigenvalue weighted by Gasteiger charge is -2.38. The largest absolute Gasteiger partial charge is 0.444 e. The third-order valence-electron chi connectivity index (χ3n) is 5.47. The predicted octanol–water partition coefficient (Wildman–Crippen LogP) is 5.01.